The minimum atomic E-state index is -0.474. The van der Waals surface area contributed by atoms with E-state index in [1.807, 2.05) is 30.3 Å². The van der Waals surface area contributed by atoms with E-state index in [4.69, 9.17) is 10.5 Å². The van der Waals surface area contributed by atoms with Gasteiger partial charge in [-0.1, -0.05) is 30.3 Å². The molecule has 2 nitrogen and oxygen atoms in total. The molecule has 1 fully saturated rings. The summed E-state index contributed by atoms with van der Waals surface area (Å²) in [4.78, 5) is 0. The van der Waals surface area contributed by atoms with Gasteiger partial charge in [0, 0.05) is 5.56 Å². The van der Waals surface area contributed by atoms with Crippen LogP contribution < -0.4 is 10.5 Å². The van der Waals surface area contributed by atoms with E-state index in [1.165, 1.54) is 0 Å². The lowest BCUT2D eigenvalue weighted by Crippen LogP contribution is -2.14. The maximum absolute atomic E-state index is 14.1. The van der Waals surface area contributed by atoms with Crippen LogP contribution in [0.2, 0.25) is 0 Å². The monoisotopic (exact) mass is 271 g/mol. The Morgan fingerprint density at radius 3 is 2.70 bits per heavy atom. The van der Waals surface area contributed by atoms with Crippen LogP contribution in [-0.4, -0.2) is 6.10 Å². The maximum atomic E-state index is 14.1. The fourth-order valence-electron chi connectivity index (χ4n) is 2.25. The van der Waals surface area contributed by atoms with Crippen LogP contribution in [0, 0.1) is 12.7 Å². The smallest absolute Gasteiger partial charge is 0.131 e. The molecule has 104 valence electrons. The molecule has 3 rings (SSSR count). The minimum Gasteiger partial charge on any atom is -0.490 e. The molecule has 1 atom stereocenters. The van der Waals surface area contributed by atoms with Crippen molar-refractivity contribution in [1.29, 1.82) is 0 Å². The predicted molar refractivity (Wildman–Crippen MR) is 77.3 cm³/mol. The zero-order valence-electron chi connectivity index (χ0n) is 11.5. The molecule has 0 aromatic heterocycles. The molecule has 0 spiro atoms. The second-order valence-electron chi connectivity index (χ2n) is 5.35. The van der Waals surface area contributed by atoms with E-state index in [0.29, 0.717) is 17.2 Å². The van der Waals surface area contributed by atoms with E-state index >= 15 is 0 Å². The molecule has 0 aliphatic heterocycles. The number of benzene rings is 2. The molecule has 0 radical (unpaired) electrons. The number of hydrogen-bond acceptors (Lipinski definition) is 2. The molecule has 2 aromatic carbocycles. The first-order chi connectivity index (χ1) is 9.65. The number of rotatable bonds is 4. The molecule has 0 saturated heterocycles. The summed E-state index contributed by atoms with van der Waals surface area (Å²) in [6, 6.07) is 12.5. The first-order valence-electron chi connectivity index (χ1n) is 6.92. The van der Waals surface area contributed by atoms with Crippen LogP contribution >= 0.6 is 0 Å². The average Bonchev–Trinajstić information content (AvgIpc) is 3.25. The summed E-state index contributed by atoms with van der Waals surface area (Å²) in [6.07, 6.45) is 2.57. The van der Waals surface area contributed by atoms with Gasteiger partial charge < -0.3 is 10.5 Å². The maximum Gasteiger partial charge on any atom is 0.131 e. The molecule has 20 heavy (non-hydrogen) atoms. The van der Waals surface area contributed by atoms with Gasteiger partial charge in [-0.25, -0.2) is 4.39 Å². The molecule has 1 aliphatic rings. The van der Waals surface area contributed by atoms with Crippen LogP contribution in [0.15, 0.2) is 42.5 Å². The highest BCUT2D eigenvalue weighted by Crippen LogP contribution is 2.30. The van der Waals surface area contributed by atoms with Crippen molar-refractivity contribution in [3.05, 3.63) is 65.0 Å². The minimum absolute atomic E-state index is 0.228. The van der Waals surface area contributed by atoms with E-state index in [1.54, 1.807) is 19.1 Å². The predicted octanol–water partition coefficient (Wildman–Crippen LogP) is 3.72. The lowest BCUT2D eigenvalue weighted by molar-refractivity contribution is 0.303. The van der Waals surface area contributed by atoms with Crippen LogP contribution in [0.25, 0.3) is 0 Å². The van der Waals surface area contributed by atoms with Gasteiger partial charge in [0.15, 0.2) is 0 Å². The van der Waals surface area contributed by atoms with Crippen molar-refractivity contribution >= 4 is 0 Å². The molecule has 1 aliphatic carbocycles. The number of halogens is 1. The van der Waals surface area contributed by atoms with E-state index in [9.17, 15) is 4.39 Å². The second kappa shape index (κ2) is 5.25. The fraction of sp³-hybridized carbons (Fsp3) is 0.294. The van der Waals surface area contributed by atoms with Gasteiger partial charge in [-0.3, -0.25) is 0 Å². The first-order valence-corrected chi connectivity index (χ1v) is 6.92. The third-order valence-electron chi connectivity index (χ3n) is 3.60. The highest BCUT2D eigenvalue weighted by Gasteiger charge is 2.24. The lowest BCUT2D eigenvalue weighted by Gasteiger charge is -2.16. The van der Waals surface area contributed by atoms with Crippen molar-refractivity contribution < 1.29 is 9.13 Å². The Bertz CT molecular complexity index is 622. The van der Waals surface area contributed by atoms with Gasteiger partial charge in [0.1, 0.15) is 11.6 Å². The third-order valence-corrected chi connectivity index (χ3v) is 3.60. The SMILES string of the molecule is Cc1cccc(C(N)c2cccc(OC3CC3)c2)c1F. The van der Waals surface area contributed by atoms with E-state index < -0.39 is 6.04 Å². The molecule has 1 saturated carbocycles. The van der Waals surface area contributed by atoms with Crippen molar-refractivity contribution in [3.8, 4) is 5.75 Å². The van der Waals surface area contributed by atoms with Gasteiger partial charge in [-0.05, 0) is 43.0 Å². The largest absolute Gasteiger partial charge is 0.490 e. The standard InChI is InChI=1S/C17H18FNO/c1-11-4-2-7-15(16(11)18)17(19)12-5-3-6-14(10-12)20-13-8-9-13/h2-7,10,13,17H,8-9,19H2,1H3. The summed E-state index contributed by atoms with van der Waals surface area (Å²) in [6.45, 7) is 1.75. The molecule has 0 amide bonds. The van der Waals surface area contributed by atoms with Crippen LogP contribution in [0.4, 0.5) is 4.39 Å². The number of nitrogens with two attached hydrogens (primary N) is 1. The van der Waals surface area contributed by atoms with Crippen LogP contribution in [-0.2, 0) is 0 Å². The second-order valence-corrected chi connectivity index (χ2v) is 5.35. The Morgan fingerprint density at radius 1 is 1.20 bits per heavy atom. The van der Waals surface area contributed by atoms with Crippen LogP contribution in [0.5, 0.6) is 5.75 Å². The number of aryl methyl sites for hydroxylation is 1. The Kier molecular flexibility index (Phi) is 3.45. The summed E-state index contributed by atoms with van der Waals surface area (Å²) in [5.41, 5.74) is 8.21. The van der Waals surface area contributed by atoms with Crippen molar-refractivity contribution in [2.45, 2.75) is 31.9 Å². The van der Waals surface area contributed by atoms with E-state index in [0.717, 1.165) is 24.2 Å². The Labute approximate surface area is 118 Å². The van der Waals surface area contributed by atoms with Crippen molar-refractivity contribution in [1.82, 2.24) is 0 Å². The van der Waals surface area contributed by atoms with Gasteiger partial charge in [0.25, 0.3) is 0 Å². The zero-order chi connectivity index (χ0) is 14.1. The lowest BCUT2D eigenvalue weighted by atomic mass is 9.97. The average molecular weight is 271 g/mol. The van der Waals surface area contributed by atoms with Gasteiger partial charge in [0.05, 0.1) is 12.1 Å². The van der Waals surface area contributed by atoms with Crippen LogP contribution in [0.3, 0.4) is 0 Å². The van der Waals surface area contributed by atoms with Crippen molar-refractivity contribution in [3.63, 3.8) is 0 Å². The number of ether oxygens (including phenoxy) is 1. The Balaban J connectivity index is 1.89. The number of hydrogen-bond donors (Lipinski definition) is 1. The molecule has 3 heteroatoms. The quantitative estimate of drug-likeness (QED) is 0.919. The van der Waals surface area contributed by atoms with Crippen molar-refractivity contribution in [2.75, 3.05) is 0 Å². The molecular weight excluding hydrogens is 253 g/mol. The Hall–Kier alpha value is -1.87. The summed E-state index contributed by atoms with van der Waals surface area (Å²) in [7, 11) is 0. The van der Waals surface area contributed by atoms with Gasteiger partial charge >= 0.3 is 0 Å². The normalized spacial score (nSPS) is 15.9. The summed E-state index contributed by atoms with van der Waals surface area (Å²) < 4.78 is 19.9. The fourth-order valence-corrected chi connectivity index (χ4v) is 2.25. The topological polar surface area (TPSA) is 35.2 Å². The first kappa shape index (κ1) is 13.1. The Morgan fingerprint density at radius 2 is 1.95 bits per heavy atom. The summed E-state index contributed by atoms with van der Waals surface area (Å²) >= 11 is 0. The molecule has 2 aromatic rings. The molecule has 2 N–H and O–H groups in total. The van der Waals surface area contributed by atoms with Crippen molar-refractivity contribution in [2.24, 2.45) is 5.73 Å². The zero-order valence-corrected chi connectivity index (χ0v) is 11.5. The molecular formula is C17H18FNO. The third kappa shape index (κ3) is 2.68. The molecule has 1 unspecified atom stereocenters. The molecule has 0 bridgehead atoms. The summed E-state index contributed by atoms with van der Waals surface area (Å²) in [5.74, 6) is 0.585. The highest BCUT2D eigenvalue weighted by molar-refractivity contribution is 5.38. The van der Waals surface area contributed by atoms with Gasteiger partial charge in [0.2, 0.25) is 0 Å². The highest BCUT2D eigenvalue weighted by atomic mass is 19.1. The van der Waals surface area contributed by atoms with Gasteiger partial charge in [-0.15, -0.1) is 0 Å². The molecule has 0 heterocycles. The summed E-state index contributed by atoms with van der Waals surface area (Å²) in [5, 5.41) is 0. The van der Waals surface area contributed by atoms with Crippen LogP contribution in [0.1, 0.15) is 35.6 Å². The van der Waals surface area contributed by atoms with E-state index in [-0.39, 0.29) is 5.82 Å². The van der Waals surface area contributed by atoms with Gasteiger partial charge in [-0.2, -0.15) is 0 Å². The van der Waals surface area contributed by atoms with E-state index in [2.05, 4.69) is 0 Å².